The highest BCUT2D eigenvalue weighted by atomic mass is 16.5. The first kappa shape index (κ1) is 16.2. The molecule has 0 unspecified atom stereocenters. The molecule has 1 rings (SSSR count). The van der Waals surface area contributed by atoms with Crippen LogP contribution in [0.5, 0.6) is 0 Å². The molecule has 0 saturated carbocycles. The van der Waals surface area contributed by atoms with Crippen LogP contribution in [0, 0.1) is 6.92 Å². The van der Waals surface area contributed by atoms with E-state index in [0.717, 1.165) is 0 Å². The molecule has 0 atom stereocenters. The molecule has 6 heteroatoms. The first-order chi connectivity index (χ1) is 9.45. The van der Waals surface area contributed by atoms with Crippen molar-refractivity contribution >= 4 is 11.9 Å². The molecule has 0 aliphatic heterocycles. The minimum atomic E-state index is -1.02. The van der Waals surface area contributed by atoms with Crippen molar-refractivity contribution in [2.24, 2.45) is 0 Å². The van der Waals surface area contributed by atoms with Gasteiger partial charge in [-0.1, -0.05) is 0 Å². The number of carbonyl (C=O) groups excluding carboxylic acids is 1. The van der Waals surface area contributed by atoms with Crippen LogP contribution in [0.25, 0.3) is 0 Å². The van der Waals surface area contributed by atoms with Gasteiger partial charge in [0.25, 0.3) is 0 Å². The molecule has 6 nitrogen and oxygen atoms in total. The second-order valence-corrected chi connectivity index (χ2v) is 4.54. The van der Waals surface area contributed by atoms with Gasteiger partial charge in [-0.2, -0.15) is 0 Å². The lowest BCUT2D eigenvalue weighted by atomic mass is 10.2. The van der Waals surface area contributed by atoms with E-state index in [0.29, 0.717) is 37.6 Å². The average Bonchev–Trinajstić information content (AvgIpc) is 2.75. The summed E-state index contributed by atoms with van der Waals surface area (Å²) in [6, 6.07) is 1.46. The summed E-state index contributed by atoms with van der Waals surface area (Å²) in [5.74, 6) is -0.218. The third kappa shape index (κ3) is 4.70. The van der Waals surface area contributed by atoms with Crippen LogP contribution in [0.2, 0.25) is 0 Å². The minimum absolute atomic E-state index is 0.0179. The van der Waals surface area contributed by atoms with Gasteiger partial charge in [0.05, 0.1) is 6.54 Å². The fraction of sp³-hybridized carbons (Fsp3) is 0.571. The molecule has 0 fully saturated rings. The zero-order valence-electron chi connectivity index (χ0n) is 12.1. The van der Waals surface area contributed by atoms with Gasteiger partial charge in [0.1, 0.15) is 17.1 Å². The van der Waals surface area contributed by atoms with Crippen LogP contribution in [0.3, 0.4) is 0 Å². The van der Waals surface area contributed by atoms with Crippen LogP contribution in [-0.2, 0) is 16.1 Å². The number of aromatic carboxylic acids is 1. The van der Waals surface area contributed by atoms with Crippen molar-refractivity contribution in [3.63, 3.8) is 0 Å². The Hall–Kier alpha value is -1.82. The summed E-state index contributed by atoms with van der Waals surface area (Å²) in [7, 11) is 1.67. The van der Waals surface area contributed by atoms with Gasteiger partial charge < -0.3 is 19.2 Å². The quantitative estimate of drug-likeness (QED) is 0.739. The maximum atomic E-state index is 11.8. The predicted molar refractivity (Wildman–Crippen MR) is 72.6 cm³/mol. The summed E-state index contributed by atoms with van der Waals surface area (Å²) in [4.78, 5) is 24.3. The lowest BCUT2D eigenvalue weighted by Crippen LogP contribution is -2.26. The van der Waals surface area contributed by atoms with Crippen molar-refractivity contribution in [1.82, 2.24) is 4.90 Å². The molecule has 0 radical (unpaired) electrons. The van der Waals surface area contributed by atoms with Crippen LogP contribution in [-0.4, -0.2) is 42.1 Å². The van der Waals surface area contributed by atoms with Gasteiger partial charge in [-0.25, -0.2) is 4.79 Å². The maximum absolute atomic E-state index is 11.8. The second-order valence-electron chi connectivity index (χ2n) is 4.54. The lowest BCUT2D eigenvalue weighted by molar-refractivity contribution is -0.131. The van der Waals surface area contributed by atoms with E-state index in [1.54, 1.807) is 14.0 Å². The van der Waals surface area contributed by atoms with Crippen molar-refractivity contribution in [2.75, 3.05) is 20.3 Å². The summed E-state index contributed by atoms with van der Waals surface area (Å²) in [6.07, 6.45) is 1.08. The fourth-order valence-electron chi connectivity index (χ4n) is 1.82. The van der Waals surface area contributed by atoms with Crippen molar-refractivity contribution in [3.8, 4) is 0 Å². The number of hydrogen-bond acceptors (Lipinski definition) is 4. The van der Waals surface area contributed by atoms with Gasteiger partial charge in [0, 0.05) is 26.7 Å². The molecule has 0 aliphatic carbocycles. The SMILES string of the molecule is CCOCCCC(=O)N(C)Cc1cc(C(=O)O)c(C)o1. The summed E-state index contributed by atoms with van der Waals surface area (Å²) >= 11 is 0. The van der Waals surface area contributed by atoms with Gasteiger partial charge in [-0.15, -0.1) is 0 Å². The van der Waals surface area contributed by atoms with Gasteiger partial charge >= 0.3 is 5.97 Å². The van der Waals surface area contributed by atoms with E-state index in [-0.39, 0.29) is 18.0 Å². The Labute approximate surface area is 118 Å². The molecule has 1 N–H and O–H groups in total. The predicted octanol–water partition coefficient (Wildman–Crippen LogP) is 2.06. The van der Waals surface area contributed by atoms with Crippen LogP contribution in [0.1, 0.15) is 41.6 Å². The van der Waals surface area contributed by atoms with Crippen LogP contribution in [0.15, 0.2) is 10.5 Å². The highest BCUT2D eigenvalue weighted by Crippen LogP contribution is 2.16. The first-order valence-corrected chi connectivity index (χ1v) is 6.60. The Morgan fingerprint density at radius 3 is 2.70 bits per heavy atom. The van der Waals surface area contributed by atoms with Crippen molar-refractivity contribution in [3.05, 3.63) is 23.2 Å². The van der Waals surface area contributed by atoms with E-state index in [9.17, 15) is 9.59 Å². The number of nitrogens with zero attached hydrogens (tertiary/aromatic N) is 1. The topological polar surface area (TPSA) is 80.0 Å². The Morgan fingerprint density at radius 1 is 1.45 bits per heavy atom. The molecule has 1 amide bonds. The average molecular weight is 283 g/mol. The molecule has 1 aromatic heterocycles. The molecular weight excluding hydrogens is 262 g/mol. The van der Waals surface area contributed by atoms with Gasteiger partial charge in [0.2, 0.25) is 5.91 Å². The summed E-state index contributed by atoms with van der Waals surface area (Å²) in [6.45, 7) is 4.98. The van der Waals surface area contributed by atoms with Crippen LogP contribution < -0.4 is 0 Å². The fourth-order valence-corrected chi connectivity index (χ4v) is 1.82. The normalized spacial score (nSPS) is 10.6. The Balaban J connectivity index is 2.49. The standard InChI is InChI=1S/C14H21NO5/c1-4-19-7-5-6-13(16)15(3)9-11-8-12(14(17)18)10(2)20-11/h8H,4-7,9H2,1-3H3,(H,17,18). The molecule has 0 spiro atoms. The maximum Gasteiger partial charge on any atom is 0.339 e. The van der Waals surface area contributed by atoms with Gasteiger partial charge in [0.15, 0.2) is 0 Å². The number of rotatable bonds is 8. The number of aryl methyl sites for hydroxylation is 1. The van der Waals surface area contributed by atoms with E-state index in [4.69, 9.17) is 14.3 Å². The number of amides is 1. The largest absolute Gasteiger partial charge is 0.478 e. The molecule has 20 heavy (non-hydrogen) atoms. The van der Waals surface area contributed by atoms with Crippen molar-refractivity contribution in [1.29, 1.82) is 0 Å². The van der Waals surface area contributed by atoms with E-state index >= 15 is 0 Å². The van der Waals surface area contributed by atoms with E-state index < -0.39 is 5.97 Å². The number of carboxylic acid groups (broad SMARTS) is 1. The van der Waals surface area contributed by atoms with Gasteiger partial charge in [-0.3, -0.25) is 4.79 Å². The molecule has 1 aromatic rings. The minimum Gasteiger partial charge on any atom is -0.478 e. The number of carboxylic acids is 1. The van der Waals surface area contributed by atoms with E-state index in [1.807, 2.05) is 6.92 Å². The van der Waals surface area contributed by atoms with Gasteiger partial charge in [-0.05, 0) is 26.3 Å². The highest BCUT2D eigenvalue weighted by Gasteiger charge is 2.16. The Kier molecular flexibility index (Phi) is 6.24. The molecule has 0 aromatic carbocycles. The van der Waals surface area contributed by atoms with Crippen LogP contribution in [0.4, 0.5) is 0 Å². The molecule has 112 valence electrons. The summed E-state index contributed by atoms with van der Waals surface area (Å²) < 4.78 is 10.5. The smallest absolute Gasteiger partial charge is 0.339 e. The van der Waals surface area contributed by atoms with Crippen molar-refractivity contribution < 1.29 is 23.8 Å². The number of ether oxygens (including phenoxy) is 1. The monoisotopic (exact) mass is 283 g/mol. The van der Waals surface area contributed by atoms with E-state index in [1.165, 1.54) is 11.0 Å². The zero-order chi connectivity index (χ0) is 15.1. The molecule has 0 aliphatic rings. The summed E-state index contributed by atoms with van der Waals surface area (Å²) in [5.41, 5.74) is 0.136. The molecule has 0 bridgehead atoms. The number of furan rings is 1. The molecule has 1 heterocycles. The number of hydrogen-bond donors (Lipinski definition) is 1. The Bertz CT molecular complexity index is 466. The zero-order valence-corrected chi connectivity index (χ0v) is 12.1. The third-order valence-corrected chi connectivity index (χ3v) is 2.90. The third-order valence-electron chi connectivity index (χ3n) is 2.90. The molecule has 0 saturated heterocycles. The van der Waals surface area contributed by atoms with Crippen LogP contribution >= 0.6 is 0 Å². The first-order valence-electron chi connectivity index (χ1n) is 6.60. The second kappa shape index (κ2) is 7.69. The lowest BCUT2D eigenvalue weighted by Gasteiger charge is -2.15. The van der Waals surface area contributed by atoms with Crippen molar-refractivity contribution in [2.45, 2.75) is 33.2 Å². The Morgan fingerprint density at radius 2 is 2.15 bits per heavy atom. The number of carbonyl (C=O) groups is 2. The highest BCUT2D eigenvalue weighted by molar-refractivity contribution is 5.88. The molecular formula is C14H21NO5. The summed E-state index contributed by atoms with van der Waals surface area (Å²) in [5, 5.41) is 8.93. The van der Waals surface area contributed by atoms with E-state index in [2.05, 4.69) is 0 Å².